The number of nitrogens with zero attached hydrogens (tertiary/aromatic N) is 2. The molecular formula is C13H22N4O2S2. The lowest BCUT2D eigenvalue weighted by molar-refractivity contribution is 0.552. The third kappa shape index (κ3) is 4.55. The molecule has 8 heteroatoms. The number of aromatic nitrogens is 2. The molecule has 1 heterocycles. The van der Waals surface area contributed by atoms with E-state index >= 15 is 0 Å². The molecule has 1 fully saturated rings. The van der Waals surface area contributed by atoms with Crippen molar-refractivity contribution in [3.8, 4) is 0 Å². The van der Waals surface area contributed by atoms with Gasteiger partial charge in [-0.1, -0.05) is 6.92 Å². The SMILES string of the molecule is CCNc1ncc(S(=O)(=O)NC2CCC(SCC)C2)cn1. The molecule has 0 aliphatic heterocycles. The van der Waals surface area contributed by atoms with E-state index in [1.807, 2.05) is 18.7 Å². The van der Waals surface area contributed by atoms with E-state index < -0.39 is 10.0 Å². The maximum Gasteiger partial charge on any atom is 0.243 e. The van der Waals surface area contributed by atoms with Gasteiger partial charge >= 0.3 is 0 Å². The summed E-state index contributed by atoms with van der Waals surface area (Å²) in [6.07, 6.45) is 5.56. The van der Waals surface area contributed by atoms with E-state index in [0.29, 0.717) is 17.7 Å². The lowest BCUT2D eigenvalue weighted by Crippen LogP contribution is -2.33. The van der Waals surface area contributed by atoms with Crippen LogP contribution in [0.15, 0.2) is 17.3 Å². The smallest absolute Gasteiger partial charge is 0.243 e. The molecular weight excluding hydrogens is 308 g/mol. The minimum absolute atomic E-state index is 0.0208. The van der Waals surface area contributed by atoms with Gasteiger partial charge in [-0.15, -0.1) is 0 Å². The standard InChI is InChI=1S/C13H22N4O2S2/c1-3-14-13-15-8-12(9-16-13)21(18,19)17-10-5-6-11(7-10)20-4-2/h8-11,17H,3-7H2,1-2H3,(H,14,15,16). The van der Waals surface area contributed by atoms with Gasteiger partial charge in [-0.05, 0) is 31.9 Å². The highest BCUT2D eigenvalue weighted by molar-refractivity contribution is 7.99. The maximum atomic E-state index is 12.3. The van der Waals surface area contributed by atoms with Crippen molar-refractivity contribution in [1.82, 2.24) is 14.7 Å². The van der Waals surface area contributed by atoms with Crippen molar-refractivity contribution in [3.05, 3.63) is 12.4 Å². The molecule has 6 nitrogen and oxygen atoms in total. The highest BCUT2D eigenvalue weighted by atomic mass is 32.2. The van der Waals surface area contributed by atoms with Gasteiger partial charge in [0.1, 0.15) is 4.90 Å². The number of nitrogens with one attached hydrogen (secondary N) is 2. The van der Waals surface area contributed by atoms with Crippen LogP contribution in [-0.2, 0) is 10.0 Å². The molecule has 1 aliphatic rings. The Hall–Kier alpha value is -0.860. The molecule has 0 aromatic carbocycles. The van der Waals surface area contributed by atoms with Crippen molar-refractivity contribution in [3.63, 3.8) is 0 Å². The van der Waals surface area contributed by atoms with Gasteiger partial charge in [-0.2, -0.15) is 11.8 Å². The van der Waals surface area contributed by atoms with Gasteiger partial charge in [0.2, 0.25) is 16.0 Å². The molecule has 118 valence electrons. The highest BCUT2D eigenvalue weighted by Crippen LogP contribution is 2.30. The third-order valence-corrected chi connectivity index (χ3v) is 6.09. The second kappa shape index (κ2) is 7.42. The van der Waals surface area contributed by atoms with Crippen LogP contribution >= 0.6 is 11.8 Å². The van der Waals surface area contributed by atoms with Gasteiger partial charge in [0.15, 0.2) is 0 Å². The fraction of sp³-hybridized carbons (Fsp3) is 0.692. The first-order valence-corrected chi connectivity index (χ1v) is 9.78. The first kappa shape index (κ1) is 16.5. The van der Waals surface area contributed by atoms with Crippen LogP contribution in [0.2, 0.25) is 0 Å². The molecule has 2 N–H and O–H groups in total. The number of hydrogen-bond acceptors (Lipinski definition) is 6. The predicted molar refractivity (Wildman–Crippen MR) is 86.1 cm³/mol. The number of thioether (sulfide) groups is 1. The van der Waals surface area contributed by atoms with Gasteiger partial charge < -0.3 is 5.32 Å². The molecule has 2 rings (SSSR count). The van der Waals surface area contributed by atoms with Crippen molar-refractivity contribution >= 4 is 27.7 Å². The van der Waals surface area contributed by atoms with E-state index in [2.05, 4.69) is 26.9 Å². The molecule has 2 unspecified atom stereocenters. The van der Waals surface area contributed by atoms with Crippen molar-refractivity contribution < 1.29 is 8.42 Å². The summed E-state index contributed by atoms with van der Waals surface area (Å²) in [6.45, 7) is 4.76. The molecule has 2 atom stereocenters. The zero-order valence-electron chi connectivity index (χ0n) is 12.4. The van der Waals surface area contributed by atoms with Crippen LogP contribution in [0, 0.1) is 0 Å². The first-order chi connectivity index (χ1) is 10.0. The number of hydrogen-bond donors (Lipinski definition) is 2. The second-order valence-corrected chi connectivity index (χ2v) is 8.27. The van der Waals surface area contributed by atoms with Crippen molar-refractivity contribution in [1.29, 1.82) is 0 Å². The molecule has 1 aromatic heterocycles. The van der Waals surface area contributed by atoms with Crippen LogP contribution in [0.1, 0.15) is 33.1 Å². The van der Waals surface area contributed by atoms with Crippen LogP contribution in [0.25, 0.3) is 0 Å². The quantitative estimate of drug-likeness (QED) is 0.794. The molecule has 0 amide bonds. The molecule has 0 bridgehead atoms. The third-order valence-electron chi connectivity index (χ3n) is 3.38. The van der Waals surface area contributed by atoms with Crippen molar-refractivity contribution in [2.24, 2.45) is 0 Å². The van der Waals surface area contributed by atoms with Gasteiger partial charge in [-0.3, -0.25) is 0 Å². The normalized spacial score (nSPS) is 22.4. The van der Waals surface area contributed by atoms with E-state index in [1.54, 1.807) is 0 Å². The fourth-order valence-corrected chi connectivity index (χ4v) is 4.74. The number of rotatable bonds is 7. The maximum absolute atomic E-state index is 12.3. The summed E-state index contributed by atoms with van der Waals surface area (Å²) in [4.78, 5) is 8.14. The average molecular weight is 330 g/mol. The van der Waals surface area contributed by atoms with E-state index in [4.69, 9.17) is 0 Å². The van der Waals surface area contributed by atoms with Crippen LogP contribution in [0.5, 0.6) is 0 Å². The lowest BCUT2D eigenvalue weighted by Gasteiger charge is -2.13. The predicted octanol–water partition coefficient (Wildman–Crippen LogP) is 1.86. The molecule has 1 aliphatic carbocycles. The largest absolute Gasteiger partial charge is 0.355 e. The first-order valence-electron chi connectivity index (χ1n) is 7.25. The summed E-state index contributed by atoms with van der Waals surface area (Å²) in [7, 11) is -3.53. The summed E-state index contributed by atoms with van der Waals surface area (Å²) < 4.78 is 27.4. The zero-order chi connectivity index (χ0) is 15.3. The van der Waals surface area contributed by atoms with Crippen LogP contribution in [0.3, 0.4) is 0 Å². The molecule has 1 saturated carbocycles. The van der Waals surface area contributed by atoms with E-state index in [1.165, 1.54) is 12.4 Å². The van der Waals surface area contributed by atoms with E-state index in [0.717, 1.165) is 25.0 Å². The topological polar surface area (TPSA) is 84.0 Å². The number of anilines is 1. The average Bonchev–Trinajstić information content (AvgIpc) is 2.87. The van der Waals surface area contributed by atoms with E-state index in [9.17, 15) is 8.42 Å². The van der Waals surface area contributed by atoms with Gasteiger partial charge in [0.25, 0.3) is 0 Å². The molecule has 0 saturated heterocycles. The minimum Gasteiger partial charge on any atom is -0.355 e. The Kier molecular flexibility index (Phi) is 5.83. The molecule has 21 heavy (non-hydrogen) atoms. The summed E-state index contributed by atoms with van der Waals surface area (Å²) in [5.74, 6) is 1.51. The minimum atomic E-state index is -3.53. The van der Waals surface area contributed by atoms with Crippen LogP contribution < -0.4 is 10.0 Å². The summed E-state index contributed by atoms with van der Waals surface area (Å²) in [5, 5.41) is 3.50. The van der Waals surface area contributed by atoms with Crippen LogP contribution in [-0.4, -0.2) is 42.0 Å². The van der Waals surface area contributed by atoms with Gasteiger partial charge in [-0.25, -0.2) is 23.1 Å². The van der Waals surface area contributed by atoms with Crippen LogP contribution in [0.4, 0.5) is 5.95 Å². The Morgan fingerprint density at radius 3 is 2.62 bits per heavy atom. The van der Waals surface area contributed by atoms with E-state index in [-0.39, 0.29) is 10.9 Å². The van der Waals surface area contributed by atoms with Gasteiger partial charge in [0, 0.05) is 17.8 Å². The summed E-state index contributed by atoms with van der Waals surface area (Å²) in [6, 6.07) is 0.0208. The Morgan fingerprint density at radius 1 is 1.29 bits per heavy atom. The highest BCUT2D eigenvalue weighted by Gasteiger charge is 2.28. The lowest BCUT2D eigenvalue weighted by atomic mass is 10.3. The Morgan fingerprint density at radius 2 is 2.00 bits per heavy atom. The molecule has 0 radical (unpaired) electrons. The number of sulfonamides is 1. The Labute approximate surface area is 130 Å². The summed E-state index contributed by atoms with van der Waals surface area (Å²) in [5.41, 5.74) is 0. The monoisotopic (exact) mass is 330 g/mol. The van der Waals surface area contributed by atoms with Crippen molar-refractivity contribution in [2.45, 2.75) is 49.3 Å². The zero-order valence-corrected chi connectivity index (χ0v) is 14.0. The molecule has 0 spiro atoms. The fourth-order valence-electron chi connectivity index (χ4n) is 2.43. The Balaban J connectivity index is 1.98. The second-order valence-electron chi connectivity index (χ2n) is 4.98. The van der Waals surface area contributed by atoms with Gasteiger partial charge in [0.05, 0.1) is 12.4 Å². The van der Waals surface area contributed by atoms with Crippen molar-refractivity contribution in [2.75, 3.05) is 17.6 Å². The molecule has 1 aromatic rings. The Bertz CT molecular complexity index is 548. The summed E-state index contributed by atoms with van der Waals surface area (Å²) >= 11 is 1.90.